The molecular weight excluding hydrogens is 264 g/mol. The summed E-state index contributed by atoms with van der Waals surface area (Å²) in [6, 6.07) is 9.88. The number of para-hydroxylation sites is 1. The molecular formula is C15H13F2NO2. The van der Waals surface area contributed by atoms with E-state index < -0.39 is 17.5 Å². The van der Waals surface area contributed by atoms with Gasteiger partial charge in [0.1, 0.15) is 17.4 Å². The minimum atomic E-state index is -0.785. The van der Waals surface area contributed by atoms with Gasteiger partial charge in [-0.3, -0.25) is 4.79 Å². The Morgan fingerprint density at radius 1 is 1.15 bits per heavy atom. The van der Waals surface area contributed by atoms with E-state index >= 15 is 0 Å². The summed E-state index contributed by atoms with van der Waals surface area (Å²) in [5.41, 5.74) is 0.720. The molecule has 0 atom stereocenters. The molecule has 1 amide bonds. The Kier molecular flexibility index (Phi) is 4.30. The van der Waals surface area contributed by atoms with E-state index in [-0.39, 0.29) is 12.1 Å². The first-order chi connectivity index (χ1) is 9.60. The van der Waals surface area contributed by atoms with Gasteiger partial charge in [0.25, 0.3) is 5.91 Å². The Morgan fingerprint density at radius 3 is 2.45 bits per heavy atom. The van der Waals surface area contributed by atoms with Crippen LogP contribution in [0.15, 0.2) is 42.5 Å². The molecule has 5 heteroatoms. The number of methoxy groups -OCH3 is 1. The molecule has 0 fully saturated rings. The van der Waals surface area contributed by atoms with Gasteiger partial charge in [0.2, 0.25) is 0 Å². The van der Waals surface area contributed by atoms with Crippen molar-refractivity contribution in [2.75, 3.05) is 7.11 Å². The number of ether oxygens (including phenoxy) is 1. The lowest BCUT2D eigenvalue weighted by molar-refractivity contribution is 0.0949. The summed E-state index contributed by atoms with van der Waals surface area (Å²) in [5.74, 6) is -1.48. The molecule has 0 unspecified atom stereocenters. The Hall–Kier alpha value is -2.43. The van der Waals surface area contributed by atoms with E-state index in [1.165, 1.54) is 7.11 Å². The molecule has 0 aliphatic heterocycles. The van der Waals surface area contributed by atoms with Crippen LogP contribution in [0.4, 0.5) is 8.78 Å². The van der Waals surface area contributed by atoms with Crippen molar-refractivity contribution >= 4 is 5.91 Å². The summed E-state index contributed by atoms with van der Waals surface area (Å²) in [4.78, 5) is 11.8. The van der Waals surface area contributed by atoms with Crippen LogP contribution in [-0.2, 0) is 6.54 Å². The number of carbonyl (C=O) groups is 1. The van der Waals surface area contributed by atoms with E-state index in [0.717, 1.165) is 23.8 Å². The summed E-state index contributed by atoms with van der Waals surface area (Å²) in [7, 11) is 1.53. The summed E-state index contributed by atoms with van der Waals surface area (Å²) >= 11 is 0. The molecule has 2 aromatic carbocycles. The van der Waals surface area contributed by atoms with Crippen LogP contribution in [0.25, 0.3) is 0 Å². The van der Waals surface area contributed by atoms with Gasteiger partial charge in [0, 0.05) is 23.7 Å². The highest BCUT2D eigenvalue weighted by Crippen LogP contribution is 2.17. The van der Waals surface area contributed by atoms with Gasteiger partial charge < -0.3 is 10.1 Å². The predicted octanol–water partition coefficient (Wildman–Crippen LogP) is 2.90. The molecule has 0 heterocycles. The average Bonchev–Trinajstić information content (AvgIpc) is 2.44. The zero-order valence-electron chi connectivity index (χ0n) is 10.8. The molecule has 0 aliphatic carbocycles. The van der Waals surface area contributed by atoms with Crippen LogP contribution < -0.4 is 10.1 Å². The number of rotatable bonds is 4. The number of hydrogen-bond acceptors (Lipinski definition) is 2. The molecule has 20 heavy (non-hydrogen) atoms. The highest BCUT2D eigenvalue weighted by Gasteiger charge is 2.10. The van der Waals surface area contributed by atoms with Crippen LogP contribution in [0.1, 0.15) is 15.9 Å². The maximum Gasteiger partial charge on any atom is 0.251 e. The fourth-order valence-electron chi connectivity index (χ4n) is 1.81. The highest BCUT2D eigenvalue weighted by molar-refractivity contribution is 5.94. The van der Waals surface area contributed by atoms with Gasteiger partial charge in [-0.05, 0) is 18.2 Å². The third-order valence-electron chi connectivity index (χ3n) is 2.76. The molecule has 0 spiro atoms. The minimum Gasteiger partial charge on any atom is -0.496 e. The lowest BCUT2D eigenvalue weighted by Gasteiger charge is -2.09. The highest BCUT2D eigenvalue weighted by atomic mass is 19.1. The Bertz CT molecular complexity index is 609. The number of benzene rings is 2. The van der Waals surface area contributed by atoms with Gasteiger partial charge in [-0.1, -0.05) is 18.2 Å². The van der Waals surface area contributed by atoms with E-state index in [0.29, 0.717) is 5.75 Å². The molecule has 0 aromatic heterocycles. The van der Waals surface area contributed by atoms with E-state index in [2.05, 4.69) is 5.32 Å². The molecule has 0 aliphatic rings. The standard InChI is InChI=1S/C15H13F2NO2/c1-20-14-5-3-2-4-10(14)9-18-15(19)11-6-12(16)8-13(17)7-11/h2-8H,9H2,1H3,(H,18,19). The maximum absolute atomic E-state index is 13.0. The van der Waals surface area contributed by atoms with Gasteiger partial charge in [-0.15, -0.1) is 0 Å². The predicted molar refractivity (Wildman–Crippen MR) is 70.5 cm³/mol. The number of amides is 1. The first kappa shape index (κ1) is 14.0. The van der Waals surface area contributed by atoms with Crippen molar-refractivity contribution in [3.8, 4) is 5.75 Å². The van der Waals surface area contributed by atoms with Gasteiger partial charge >= 0.3 is 0 Å². The van der Waals surface area contributed by atoms with Crippen molar-refractivity contribution < 1.29 is 18.3 Å². The minimum absolute atomic E-state index is 0.0580. The summed E-state index contributed by atoms with van der Waals surface area (Å²) in [6.07, 6.45) is 0. The molecule has 2 aromatic rings. The van der Waals surface area contributed by atoms with E-state index in [1.807, 2.05) is 12.1 Å². The molecule has 2 rings (SSSR count). The topological polar surface area (TPSA) is 38.3 Å². The molecule has 0 saturated heterocycles. The monoisotopic (exact) mass is 277 g/mol. The van der Waals surface area contributed by atoms with Crippen molar-refractivity contribution in [1.82, 2.24) is 5.32 Å². The third-order valence-corrected chi connectivity index (χ3v) is 2.76. The SMILES string of the molecule is COc1ccccc1CNC(=O)c1cc(F)cc(F)c1. The van der Waals surface area contributed by atoms with Gasteiger partial charge in [0.05, 0.1) is 7.11 Å². The summed E-state index contributed by atoms with van der Waals surface area (Å²) in [6.45, 7) is 0.209. The fourth-order valence-corrected chi connectivity index (χ4v) is 1.81. The lowest BCUT2D eigenvalue weighted by Crippen LogP contribution is -2.23. The zero-order chi connectivity index (χ0) is 14.5. The second-order valence-electron chi connectivity index (χ2n) is 4.15. The van der Waals surface area contributed by atoms with Crippen molar-refractivity contribution in [2.24, 2.45) is 0 Å². The maximum atomic E-state index is 13.0. The summed E-state index contributed by atoms with van der Waals surface area (Å²) in [5, 5.41) is 2.59. The number of carbonyl (C=O) groups excluding carboxylic acids is 1. The van der Waals surface area contributed by atoms with Crippen molar-refractivity contribution in [2.45, 2.75) is 6.54 Å². The lowest BCUT2D eigenvalue weighted by atomic mass is 10.1. The van der Waals surface area contributed by atoms with Crippen LogP contribution in [0.2, 0.25) is 0 Å². The van der Waals surface area contributed by atoms with Crippen LogP contribution in [-0.4, -0.2) is 13.0 Å². The molecule has 3 nitrogen and oxygen atoms in total. The van der Waals surface area contributed by atoms with Crippen molar-refractivity contribution in [3.05, 3.63) is 65.2 Å². The quantitative estimate of drug-likeness (QED) is 0.933. The van der Waals surface area contributed by atoms with Crippen molar-refractivity contribution in [1.29, 1.82) is 0 Å². The first-order valence-corrected chi connectivity index (χ1v) is 5.96. The number of nitrogens with one attached hydrogen (secondary N) is 1. The largest absolute Gasteiger partial charge is 0.496 e. The summed E-state index contributed by atoms with van der Waals surface area (Å²) < 4.78 is 31.2. The second-order valence-corrected chi connectivity index (χ2v) is 4.15. The van der Waals surface area contributed by atoms with Crippen LogP contribution in [0.5, 0.6) is 5.75 Å². The van der Waals surface area contributed by atoms with E-state index in [1.54, 1.807) is 12.1 Å². The van der Waals surface area contributed by atoms with Gasteiger partial charge in [-0.2, -0.15) is 0 Å². The number of halogens is 2. The van der Waals surface area contributed by atoms with Crippen LogP contribution >= 0.6 is 0 Å². The van der Waals surface area contributed by atoms with Crippen LogP contribution in [0, 0.1) is 11.6 Å². The molecule has 104 valence electrons. The molecule has 0 saturated carbocycles. The second kappa shape index (κ2) is 6.14. The van der Waals surface area contributed by atoms with Gasteiger partial charge in [0.15, 0.2) is 0 Å². The van der Waals surface area contributed by atoms with Gasteiger partial charge in [-0.25, -0.2) is 8.78 Å². The van der Waals surface area contributed by atoms with E-state index in [4.69, 9.17) is 4.74 Å². The first-order valence-electron chi connectivity index (χ1n) is 5.96. The Balaban J connectivity index is 2.08. The zero-order valence-corrected chi connectivity index (χ0v) is 10.8. The fraction of sp³-hybridized carbons (Fsp3) is 0.133. The third kappa shape index (κ3) is 3.32. The Labute approximate surface area is 115 Å². The van der Waals surface area contributed by atoms with Crippen molar-refractivity contribution in [3.63, 3.8) is 0 Å². The number of hydrogen-bond donors (Lipinski definition) is 1. The van der Waals surface area contributed by atoms with E-state index in [9.17, 15) is 13.6 Å². The Morgan fingerprint density at radius 2 is 1.80 bits per heavy atom. The molecule has 1 N–H and O–H groups in total. The average molecular weight is 277 g/mol. The van der Waals surface area contributed by atoms with Crippen LogP contribution in [0.3, 0.4) is 0 Å². The molecule has 0 bridgehead atoms. The smallest absolute Gasteiger partial charge is 0.251 e. The molecule has 0 radical (unpaired) electrons. The normalized spacial score (nSPS) is 10.2.